The fraction of sp³-hybridized carbons (Fsp3) is 0.818. The van der Waals surface area contributed by atoms with Crippen molar-refractivity contribution in [3.8, 4) is 0 Å². The Balaban J connectivity index is 1.95. The number of hydrogen-bond donors (Lipinski definition) is 1. The molecule has 1 aromatic rings. The summed E-state index contributed by atoms with van der Waals surface area (Å²) >= 11 is 3.95. The monoisotopic (exact) mass is 289 g/mol. The van der Waals surface area contributed by atoms with E-state index < -0.39 is 0 Å². The molecule has 2 atom stereocenters. The van der Waals surface area contributed by atoms with Gasteiger partial charge in [0.15, 0.2) is 5.82 Å². The van der Waals surface area contributed by atoms with Crippen molar-refractivity contribution in [3.63, 3.8) is 0 Å². The third-order valence-electron chi connectivity index (χ3n) is 2.73. The van der Waals surface area contributed by atoms with Crippen molar-refractivity contribution in [2.24, 2.45) is 0 Å². The smallest absolute Gasteiger partial charge is 0.321 e. The summed E-state index contributed by atoms with van der Waals surface area (Å²) in [6.45, 7) is 3.53. The van der Waals surface area contributed by atoms with Gasteiger partial charge in [-0.1, -0.05) is 12.1 Å². The molecule has 18 heavy (non-hydrogen) atoms. The summed E-state index contributed by atoms with van der Waals surface area (Å²) in [5.41, 5.74) is 0. The quantitative estimate of drug-likeness (QED) is 0.807. The number of nitrogens with one attached hydrogen (secondary N) is 1. The maximum Gasteiger partial charge on any atom is 0.321 e. The summed E-state index contributed by atoms with van der Waals surface area (Å²) in [7, 11) is 1.67. The Bertz CT molecular complexity index is 362. The van der Waals surface area contributed by atoms with Gasteiger partial charge in [-0.05, 0) is 6.42 Å². The van der Waals surface area contributed by atoms with Gasteiger partial charge in [0.1, 0.15) is 0 Å². The van der Waals surface area contributed by atoms with Gasteiger partial charge in [-0.2, -0.15) is 16.7 Å². The van der Waals surface area contributed by atoms with Crippen LogP contribution in [0.25, 0.3) is 0 Å². The molecule has 0 saturated carbocycles. The van der Waals surface area contributed by atoms with E-state index in [0.29, 0.717) is 29.7 Å². The molecular weight excluding hydrogens is 270 g/mol. The normalized spacial score (nSPS) is 24.1. The van der Waals surface area contributed by atoms with E-state index in [1.54, 1.807) is 7.11 Å². The molecular formula is C11H19N3O2S2. The lowest BCUT2D eigenvalue weighted by Gasteiger charge is -2.27. The molecule has 0 spiro atoms. The topological polar surface area (TPSA) is 60.2 Å². The fourth-order valence-electron chi connectivity index (χ4n) is 1.82. The standard InChI is InChI=1S/C11H19N3O2S2/c1-3-8-9(18-7-6-17-8)10-13-11(16-14-10)12-4-5-15-2/h8-9H,3-7H2,1-2H3,(H,12,13,14). The number of thioether (sulfide) groups is 2. The molecule has 1 aliphatic heterocycles. The van der Waals surface area contributed by atoms with E-state index in [4.69, 9.17) is 9.26 Å². The van der Waals surface area contributed by atoms with Gasteiger partial charge in [0.05, 0.1) is 11.9 Å². The lowest BCUT2D eigenvalue weighted by molar-refractivity contribution is 0.210. The molecule has 1 saturated heterocycles. The Kier molecular flexibility index (Phi) is 5.65. The molecule has 1 aromatic heterocycles. The van der Waals surface area contributed by atoms with E-state index in [-0.39, 0.29) is 0 Å². The van der Waals surface area contributed by atoms with Crippen molar-refractivity contribution in [1.82, 2.24) is 10.1 Å². The van der Waals surface area contributed by atoms with E-state index >= 15 is 0 Å². The van der Waals surface area contributed by atoms with Crippen molar-refractivity contribution in [2.45, 2.75) is 23.8 Å². The van der Waals surface area contributed by atoms with Crippen LogP contribution >= 0.6 is 23.5 Å². The SMILES string of the molecule is CCC1SCCSC1c1noc(NCCOC)n1. The van der Waals surface area contributed by atoms with Crippen molar-refractivity contribution in [3.05, 3.63) is 5.82 Å². The molecule has 1 aliphatic rings. The minimum Gasteiger partial charge on any atom is -0.383 e. The van der Waals surface area contributed by atoms with Gasteiger partial charge in [0.25, 0.3) is 0 Å². The molecule has 0 aliphatic carbocycles. The molecule has 2 unspecified atom stereocenters. The van der Waals surface area contributed by atoms with Crippen LogP contribution in [0, 0.1) is 0 Å². The molecule has 7 heteroatoms. The number of nitrogens with zero attached hydrogens (tertiary/aromatic N) is 2. The zero-order valence-electron chi connectivity index (χ0n) is 10.7. The second kappa shape index (κ2) is 7.25. The van der Waals surface area contributed by atoms with E-state index in [1.807, 2.05) is 23.5 Å². The van der Waals surface area contributed by atoms with Gasteiger partial charge in [-0.3, -0.25) is 0 Å². The highest BCUT2D eigenvalue weighted by Gasteiger charge is 2.30. The van der Waals surface area contributed by atoms with Gasteiger partial charge < -0.3 is 14.6 Å². The Morgan fingerprint density at radius 2 is 2.28 bits per heavy atom. The first kappa shape index (κ1) is 14.0. The molecule has 0 aromatic carbocycles. The zero-order valence-corrected chi connectivity index (χ0v) is 12.4. The number of ether oxygens (including phenoxy) is 1. The summed E-state index contributed by atoms with van der Waals surface area (Å²) in [5.74, 6) is 3.20. The lowest BCUT2D eigenvalue weighted by atomic mass is 10.2. The number of hydrogen-bond acceptors (Lipinski definition) is 7. The number of methoxy groups -OCH3 is 1. The highest BCUT2D eigenvalue weighted by Crippen LogP contribution is 2.43. The molecule has 0 bridgehead atoms. The van der Waals surface area contributed by atoms with Gasteiger partial charge in [0, 0.05) is 30.4 Å². The van der Waals surface area contributed by atoms with Gasteiger partial charge in [-0.25, -0.2) is 0 Å². The molecule has 5 nitrogen and oxygen atoms in total. The van der Waals surface area contributed by atoms with Crippen molar-refractivity contribution >= 4 is 29.5 Å². The molecule has 0 amide bonds. The Morgan fingerprint density at radius 1 is 1.44 bits per heavy atom. The summed E-state index contributed by atoms with van der Waals surface area (Å²) in [4.78, 5) is 4.43. The van der Waals surface area contributed by atoms with Crippen LogP contribution in [0.1, 0.15) is 24.4 Å². The second-order valence-electron chi connectivity index (χ2n) is 3.99. The predicted molar refractivity (Wildman–Crippen MR) is 76.4 cm³/mol. The Labute approximate surface area is 116 Å². The van der Waals surface area contributed by atoms with E-state index in [9.17, 15) is 0 Å². The fourth-order valence-corrected chi connectivity index (χ4v) is 4.81. The largest absolute Gasteiger partial charge is 0.383 e. The molecule has 2 heterocycles. The first-order chi connectivity index (χ1) is 8.85. The zero-order chi connectivity index (χ0) is 12.8. The maximum absolute atomic E-state index is 5.21. The summed E-state index contributed by atoms with van der Waals surface area (Å²) in [5, 5.41) is 8.10. The summed E-state index contributed by atoms with van der Waals surface area (Å²) in [6, 6.07) is 0.494. The summed E-state index contributed by atoms with van der Waals surface area (Å²) in [6.07, 6.45) is 1.14. The van der Waals surface area contributed by atoms with Crippen LogP contribution in [0.15, 0.2) is 4.52 Å². The second-order valence-corrected chi connectivity index (χ2v) is 6.58. The molecule has 1 N–H and O–H groups in total. The third kappa shape index (κ3) is 3.55. The van der Waals surface area contributed by atoms with Gasteiger partial charge >= 0.3 is 6.01 Å². The van der Waals surface area contributed by atoms with Crippen LogP contribution in [-0.2, 0) is 4.74 Å². The highest BCUT2D eigenvalue weighted by atomic mass is 32.2. The van der Waals surface area contributed by atoms with Crippen LogP contribution in [0.5, 0.6) is 0 Å². The van der Waals surface area contributed by atoms with Crippen LogP contribution in [0.4, 0.5) is 6.01 Å². The van der Waals surface area contributed by atoms with Crippen molar-refractivity contribution < 1.29 is 9.26 Å². The first-order valence-electron chi connectivity index (χ1n) is 6.14. The van der Waals surface area contributed by atoms with Crippen LogP contribution in [0.3, 0.4) is 0 Å². The predicted octanol–water partition coefficient (Wildman–Crippen LogP) is 2.43. The lowest BCUT2D eigenvalue weighted by Crippen LogP contribution is -2.19. The van der Waals surface area contributed by atoms with Crippen LogP contribution in [-0.4, -0.2) is 47.2 Å². The van der Waals surface area contributed by atoms with Crippen molar-refractivity contribution in [2.75, 3.05) is 37.1 Å². The molecule has 102 valence electrons. The first-order valence-corrected chi connectivity index (χ1v) is 8.24. The van der Waals surface area contributed by atoms with E-state index in [2.05, 4.69) is 22.4 Å². The number of aromatic nitrogens is 2. The average Bonchev–Trinajstić information content (AvgIpc) is 2.88. The van der Waals surface area contributed by atoms with Gasteiger partial charge in [-0.15, -0.1) is 11.8 Å². The van der Waals surface area contributed by atoms with E-state index in [0.717, 1.165) is 18.0 Å². The van der Waals surface area contributed by atoms with E-state index in [1.165, 1.54) is 5.75 Å². The molecule has 2 rings (SSSR count). The molecule has 0 radical (unpaired) electrons. The van der Waals surface area contributed by atoms with Crippen LogP contribution < -0.4 is 5.32 Å². The number of rotatable bonds is 6. The third-order valence-corrected chi connectivity index (χ3v) is 5.97. The Morgan fingerprint density at radius 3 is 3.06 bits per heavy atom. The number of anilines is 1. The molecule has 1 fully saturated rings. The van der Waals surface area contributed by atoms with Crippen molar-refractivity contribution in [1.29, 1.82) is 0 Å². The van der Waals surface area contributed by atoms with Crippen LogP contribution in [0.2, 0.25) is 0 Å². The summed E-state index contributed by atoms with van der Waals surface area (Å²) < 4.78 is 10.2. The maximum atomic E-state index is 5.21. The van der Waals surface area contributed by atoms with Gasteiger partial charge in [0.2, 0.25) is 0 Å². The highest BCUT2D eigenvalue weighted by molar-refractivity contribution is 8.06. The Hall–Kier alpha value is -0.400. The minimum atomic E-state index is 0.357. The minimum absolute atomic E-state index is 0.357. The average molecular weight is 289 g/mol.